The Hall–Kier alpha value is -2.57. The molecule has 1 aliphatic carbocycles. The quantitative estimate of drug-likeness (QED) is 0.531. The van der Waals surface area contributed by atoms with Gasteiger partial charge in [0, 0.05) is 33.6 Å². The van der Waals surface area contributed by atoms with Gasteiger partial charge in [0.1, 0.15) is 0 Å². The van der Waals surface area contributed by atoms with Crippen molar-refractivity contribution < 1.29 is 4.79 Å². The summed E-state index contributed by atoms with van der Waals surface area (Å²) in [4.78, 5) is 19.9. The van der Waals surface area contributed by atoms with E-state index in [0.717, 1.165) is 18.6 Å². The molecular weight excluding hydrogens is 398 g/mol. The summed E-state index contributed by atoms with van der Waals surface area (Å²) in [7, 11) is 0. The number of carbonyl (C=O) groups excluding carboxylic acids is 1. The van der Waals surface area contributed by atoms with Crippen LogP contribution in [0.1, 0.15) is 45.9 Å². The molecule has 2 aliphatic rings. The van der Waals surface area contributed by atoms with Crippen molar-refractivity contribution in [1.82, 2.24) is 9.99 Å². The summed E-state index contributed by atoms with van der Waals surface area (Å²) in [5.74, 6) is 0.730. The van der Waals surface area contributed by atoms with E-state index in [1.807, 2.05) is 0 Å². The minimum atomic E-state index is -0.0594. The second-order valence-electron chi connectivity index (χ2n) is 7.67. The predicted octanol–water partition coefficient (Wildman–Crippen LogP) is 5.89. The molecule has 1 amide bonds. The van der Waals surface area contributed by atoms with Gasteiger partial charge in [-0.05, 0) is 65.4 Å². The van der Waals surface area contributed by atoms with Crippen LogP contribution in [0.3, 0.4) is 0 Å². The van der Waals surface area contributed by atoms with Crippen LogP contribution in [0, 0.1) is 11.8 Å². The molecule has 146 valence electrons. The number of amides is 1. The number of carbonyl (C=O) groups is 1. The summed E-state index contributed by atoms with van der Waals surface area (Å²) in [6, 6.07) is 11.9. The Morgan fingerprint density at radius 1 is 1.14 bits per heavy atom. The molecule has 1 saturated carbocycles. The first-order valence-corrected chi connectivity index (χ1v) is 11.6. The third-order valence-corrected chi connectivity index (χ3v) is 7.36. The molecular formula is C23H21N3OS2. The lowest BCUT2D eigenvalue weighted by Crippen LogP contribution is -2.32. The fourth-order valence-electron chi connectivity index (χ4n) is 4.37. The number of hydrogen-bond acceptors (Lipinski definition) is 5. The van der Waals surface area contributed by atoms with Gasteiger partial charge in [0.2, 0.25) is 0 Å². The van der Waals surface area contributed by atoms with E-state index < -0.39 is 0 Å². The Morgan fingerprint density at radius 3 is 2.66 bits per heavy atom. The fraction of sp³-hybridized carbons (Fsp3) is 0.261. The topological polar surface area (TPSA) is 45.6 Å². The molecule has 6 heteroatoms. The second-order valence-corrected chi connectivity index (χ2v) is 9.63. The average molecular weight is 420 g/mol. The Labute approximate surface area is 178 Å². The van der Waals surface area contributed by atoms with Crippen molar-refractivity contribution in [2.45, 2.75) is 25.8 Å². The smallest absolute Gasteiger partial charge is 0.267 e. The molecule has 0 N–H and O–H groups in total. The number of fused-ring (bicyclic) bond motifs is 1. The summed E-state index contributed by atoms with van der Waals surface area (Å²) in [5.41, 5.74) is 2.97. The first kappa shape index (κ1) is 18.5. The molecule has 5 rings (SSSR count). The Kier molecular flexibility index (Phi) is 4.89. The summed E-state index contributed by atoms with van der Waals surface area (Å²) < 4.78 is 0. The number of nitrogens with zero attached hydrogens (tertiary/aromatic N) is 3. The number of thiophene rings is 2. The number of aromatic nitrogens is 1. The van der Waals surface area contributed by atoms with Gasteiger partial charge >= 0.3 is 0 Å². The van der Waals surface area contributed by atoms with Crippen molar-refractivity contribution in [2.75, 3.05) is 0 Å². The SMILES string of the molecule is C[C@H]1C/C(=C/c2cccs2)C2=NN(C(=O)c3ccncc3)[C@@H](c3cccs3)[C@@H]2C1. The van der Waals surface area contributed by atoms with E-state index in [9.17, 15) is 4.79 Å². The van der Waals surface area contributed by atoms with Crippen molar-refractivity contribution in [2.24, 2.45) is 16.9 Å². The minimum Gasteiger partial charge on any atom is -0.267 e. The van der Waals surface area contributed by atoms with Crippen LogP contribution in [0.4, 0.5) is 0 Å². The average Bonchev–Trinajstić information content (AvgIpc) is 3.48. The number of allylic oxidation sites excluding steroid dienone is 1. The van der Waals surface area contributed by atoms with Crippen LogP contribution in [0.25, 0.3) is 6.08 Å². The van der Waals surface area contributed by atoms with Gasteiger partial charge in [0.25, 0.3) is 5.91 Å². The second kappa shape index (κ2) is 7.69. The van der Waals surface area contributed by atoms with Gasteiger partial charge in [0.15, 0.2) is 0 Å². The van der Waals surface area contributed by atoms with Crippen molar-refractivity contribution in [3.05, 3.63) is 80.4 Å². The van der Waals surface area contributed by atoms with Gasteiger partial charge in [-0.1, -0.05) is 19.1 Å². The highest BCUT2D eigenvalue weighted by molar-refractivity contribution is 7.11. The number of pyridine rings is 1. The Balaban J connectivity index is 1.59. The molecule has 0 bridgehead atoms. The lowest BCUT2D eigenvalue weighted by molar-refractivity contribution is 0.0680. The molecule has 0 saturated heterocycles. The van der Waals surface area contributed by atoms with Crippen LogP contribution in [-0.4, -0.2) is 21.6 Å². The van der Waals surface area contributed by atoms with E-state index in [1.165, 1.54) is 15.3 Å². The lowest BCUT2D eigenvalue weighted by Gasteiger charge is -2.31. The summed E-state index contributed by atoms with van der Waals surface area (Å²) in [6.45, 7) is 2.30. The Morgan fingerprint density at radius 2 is 1.93 bits per heavy atom. The van der Waals surface area contributed by atoms with E-state index in [-0.39, 0.29) is 17.9 Å². The van der Waals surface area contributed by atoms with Gasteiger partial charge in [-0.2, -0.15) is 5.10 Å². The predicted molar refractivity (Wildman–Crippen MR) is 119 cm³/mol. The maximum atomic E-state index is 13.4. The van der Waals surface area contributed by atoms with Gasteiger partial charge in [-0.25, -0.2) is 5.01 Å². The molecule has 1 fully saturated rings. The molecule has 3 atom stereocenters. The molecule has 0 aromatic carbocycles. The van der Waals surface area contributed by atoms with Crippen molar-refractivity contribution in [3.63, 3.8) is 0 Å². The maximum Gasteiger partial charge on any atom is 0.274 e. The third-order valence-electron chi connectivity index (χ3n) is 5.59. The van der Waals surface area contributed by atoms with Crippen LogP contribution >= 0.6 is 22.7 Å². The van der Waals surface area contributed by atoms with Gasteiger partial charge in [0.05, 0.1) is 11.8 Å². The highest BCUT2D eigenvalue weighted by Gasteiger charge is 2.45. The molecule has 0 unspecified atom stereocenters. The lowest BCUT2D eigenvalue weighted by atomic mass is 9.74. The molecule has 3 aromatic rings. The molecule has 4 heterocycles. The standard InChI is InChI=1S/C23H21N3OS2/c1-15-12-17(14-18-4-2-10-28-18)21-19(13-15)22(20-5-3-11-29-20)26(25-21)23(27)16-6-8-24-9-7-16/h2-11,14-15,19,22H,12-13H2,1H3/b17-14-/t15-,19+,22+/m0/s1. The number of rotatable bonds is 3. The zero-order chi connectivity index (χ0) is 19.8. The molecule has 1 aliphatic heterocycles. The van der Waals surface area contributed by atoms with E-state index >= 15 is 0 Å². The van der Waals surface area contributed by atoms with Crippen LogP contribution in [-0.2, 0) is 0 Å². The summed E-state index contributed by atoms with van der Waals surface area (Å²) >= 11 is 3.44. The van der Waals surface area contributed by atoms with Crippen LogP contribution < -0.4 is 0 Å². The molecule has 3 aromatic heterocycles. The van der Waals surface area contributed by atoms with Gasteiger partial charge < -0.3 is 0 Å². The van der Waals surface area contributed by atoms with Crippen LogP contribution in [0.15, 0.2) is 70.2 Å². The van der Waals surface area contributed by atoms with Crippen LogP contribution in [0.5, 0.6) is 0 Å². The molecule has 29 heavy (non-hydrogen) atoms. The molecule has 0 radical (unpaired) electrons. The number of hydrazone groups is 1. The Bertz CT molecular complexity index is 1060. The summed E-state index contributed by atoms with van der Waals surface area (Å²) in [5, 5.41) is 10.8. The maximum absolute atomic E-state index is 13.4. The van der Waals surface area contributed by atoms with E-state index in [4.69, 9.17) is 5.10 Å². The van der Waals surface area contributed by atoms with Crippen molar-refractivity contribution >= 4 is 40.4 Å². The van der Waals surface area contributed by atoms with E-state index in [2.05, 4.69) is 53.0 Å². The fourth-order valence-corrected chi connectivity index (χ4v) is 5.92. The highest BCUT2D eigenvalue weighted by atomic mass is 32.1. The highest BCUT2D eigenvalue weighted by Crippen LogP contribution is 2.47. The van der Waals surface area contributed by atoms with Gasteiger partial charge in [-0.3, -0.25) is 9.78 Å². The monoisotopic (exact) mass is 419 g/mol. The number of hydrogen-bond donors (Lipinski definition) is 0. The first-order chi connectivity index (χ1) is 14.2. The van der Waals surface area contributed by atoms with Gasteiger partial charge in [-0.15, -0.1) is 22.7 Å². The minimum absolute atomic E-state index is 0.0415. The summed E-state index contributed by atoms with van der Waals surface area (Å²) in [6.07, 6.45) is 7.63. The van der Waals surface area contributed by atoms with Crippen molar-refractivity contribution in [1.29, 1.82) is 0 Å². The normalized spacial score (nSPS) is 25.1. The largest absolute Gasteiger partial charge is 0.274 e. The first-order valence-electron chi connectivity index (χ1n) is 9.80. The molecule has 0 spiro atoms. The third kappa shape index (κ3) is 3.47. The van der Waals surface area contributed by atoms with E-state index in [1.54, 1.807) is 52.2 Å². The van der Waals surface area contributed by atoms with Crippen molar-refractivity contribution in [3.8, 4) is 0 Å². The zero-order valence-corrected chi connectivity index (χ0v) is 17.7. The molecule has 4 nitrogen and oxygen atoms in total. The van der Waals surface area contributed by atoms with E-state index in [0.29, 0.717) is 11.5 Å². The zero-order valence-electron chi connectivity index (χ0n) is 16.1. The van der Waals surface area contributed by atoms with Crippen LogP contribution in [0.2, 0.25) is 0 Å².